The number of nitrogens with one attached hydrogen (secondary N) is 1. The minimum absolute atomic E-state index is 0.0991. The Hall–Kier alpha value is -1.47. The van der Waals surface area contributed by atoms with Gasteiger partial charge in [-0.25, -0.2) is 0 Å². The van der Waals surface area contributed by atoms with Crippen LogP contribution in [0, 0.1) is 6.92 Å². The predicted molar refractivity (Wildman–Crippen MR) is 103 cm³/mol. The topological polar surface area (TPSA) is 12.0 Å². The Morgan fingerprint density at radius 2 is 1.30 bits per heavy atom. The average molecular weight is 330 g/mol. The number of halogens is 1. The Balaban J connectivity index is 2.35. The van der Waals surface area contributed by atoms with Gasteiger partial charge in [0.1, 0.15) is 0 Å². The fourth-order valence-corrected chi connectivity index (χ4v) is 2.66. The molecule has 2 rings (SSSR count). The zero-order valence-electron chi connectivity index (χ0n) is 15.3. The molecule has 0 aromatic heterocycles. The maximum absolute atomic E-state index is 6.51. The zero-order chi connectivity index (χ0) is 17.4. The van der Waals surface area contributed by atoms with E-state index in [9.17, 15) is 0 Å². The third kappa shape index (κ3) is 4.29. The number of hydrogen-bond acceptors (Lipinski definition) is 1. The molecule has 0 radical (unpaired) electrons. The van der Waals surface area contributed by atoms with Crippen molar-refractivity contribution in [3.63, 3.8) is 0 Å². The van der Waals surface area contributed by atoms with Gasteiger partial charge < -0.3 is 5.32 Å². The summed E-state index contributed by atoms with van der Waals surface area (Å²) in [5.41, 5.74) is 6.01. The van der Waals surface area contributed by atoms with Crippen molar-refractivity contribution >= 4 is 23.0 Å². The first-order valence-electron chi connectivity index (χ1n) is 8.17. The van der Waals surface area contributed by atoms with Gasteiger partial charge in [0.25, 0.3) is 0 Å². The SMILES string of the molecule is Cc1cc(C(C)(C)C)cc(Nc2ccc(C(C)(C)C)cc2)c1Cl. The highest BCUT2D eigenvalue weighted by Crippen LogP contribution is 2.35. The molecule has 0 aliphatic carbocycles. The Labute approximate surface area is 146 Å². The summed E-state index contributed by atoms with van der Waals surface area (Å²) in [4.78, 5) is 0. The van der Waals surface area contributed by atoms with Crippen LogP contribution >= 0.6 is 11.6 Å². The summed E-state index contributed by atoms with van der Waals surface area (Å²) in [6, 6.07) is 12.9. The second-order valence-electron chi connectivity index (χ2n) is 8.36. The monoisotopic (exact) mass is 329 g/mol. The lowest BCUT2D eigenvalue weighted by Gasteiger charge is -2.23. The van der Waals surface area contributed by atoms with Gasteiger partial charge in [-0.3, -0.25) is 0 Å². The third-order valence-electron chi connectivity index (χ3n) is 4.15. The van der Waals surface area contributed by atoms with Gasteiger partial charge in [0, 0.05) is 5.69 Å². The highest BCUT2D eigenvalue weighted by atomic mass is 35.5. The third-order valence-corrected chi connectivity index (χ3v) is 4.65. The van der Waals surface area contributed by atoms with Crippen LogP contribution in [0.3, 0.4) is 0 Å². The molecular weight excluding hydrogens is 302 g/mol. The van der Waals surface area contributed by atoms with Crippen molar-refractivity contribution in [1.29, 1.82) is 0 Å². The lowest BCUT2D eigenvalue weighted by Crippen LogP contribution is -2.12. The average Bonchev–Trinajstić information content (AvgIpc) is 2.42. The van der Waals surface area contributed by atoms with Crippen molar-refractivity contribution < 1.29 is 0 Å². The van der Waals surface area contributed by atoms with Crippen molar-refractivity contribution in [2.45, 2.75) is 59.3 Å². The molecule has 23 heavy (non-hydrogen) atoms. The van der Waals surface area contributed by atoms with Crippen LogP contribution < -0.4 is 5.32 Å². The van der Waals surface area contributed by atoms with E-state index in [1.807, 2.05) is 0 Å². The lowest BCUT2D eigenvalue weighted by molar-refractivity contribution is 0.589. The molecule has 0 unspecified atom stereocenters. The van der Waals surface area contributed by atoms with Crippen LogP contribution in [0.15, 0.2) is 36.4 Å². The van der Waals surface area contributed by atoms with E-state index in [1.165, 1.54) is 11.1 Å². The van der Waals surface area contributed by atoms with Gasteiger partial charge in [-0.1, -0.05) is 71.3 Å². The Kier molecular flexibility index (Phi) is 4.82. The van der Waals surface area contributed by atoms with E-state index in [2.05, 4.69) is 90.2 Å². The molecule has 0 saturated carbocycles. The molecule has 124 valence electrons. The van der Waals surface area contributed by atoms with E-state index >= 15 is 0 Å². The maximum atomic E-state index is 6.51. The van der Waals surface area contributed by atoms with Crippen LogP contribution in [-0.4, -0.2) is 0 Å². The highest BCUT2D eigenvalue weighted by molar-refractivity contribution is 6.34. The van der Waals surface area contributed by atoms with Crippen LogP contribution in [0.2, 0.25) is 5.02 Å². The highest BCUT2D eigenvalue weighted by Gasteiger charge is 2.17. The van der Waals surface area contributed by atoms with E-state index in [0.29, 0.717) is 0 Å². The first-order chi connectivity index (χ1) is 10.5. The minimum Gasteiger partial charge on any atom is -0.354 e. The van der Waals surface area contributed by atoms with Crippen LogP contribution in [-0.2, 0) is 10.8 Å². The summed E-state index contributed by atoms with van der Waals surface area (Å²) in [7, 11) is 0. The first kappa shape index (κ1) is 17.9. The van der Waals surface area contributed by atoms with Crippen molar-refractivity contribution in [3.05, 3.63) is 58.1 Å². The van der Waals surface area contributed by atoms with Gasteiger partial charge in [0.05, 0.1) is 10.7 Å². The lowest BCUT2D eigenvalue weighted by atomic mass is 9.86. The summed E-state index contributed by atoms with van der Waals surface area (Å²) in [5.74, 6) is 0. The summed E-state index contributed by atoms with van der Waals surface area (Å²) in [6.07, 6.45) is 0. The molecule has 0 atom stereocenters. The van der Waals surface area contributed by atoms with Crippen LogP contribution in [0.25, 0.3) is 0 Å². The molecule has 1 N–H and O–H groups in total. The van der Waals surface area contributed by atoms with Crippen LogP contribution in [0.1, 0.15) is 58.2 Å². The molecule has 0 fully saturated rings. The van der Waals surface area contributed by atoms with Gasteiger partial charge in [-0.2, -0.15) is 0 Å². The molecule has 0 aliphatic rings. The van der Waals surface area contributed by atoms with Gasteiger partial charge >= 0.3 is 0 Å². The van der Waals surface area contributed by atoms with Gasteiger partial charge in [-0.15, -0.1) is 0 Å². The number of aryl methyl sites for hydroxylation is 1. The molecule has 0 heterocycles. The zero-order valence-corrected chi connectivity index (χ0v) is 16.1. The molecule has 1 nitrogen and oxygen atoms in total. The quantitative estimate of drug-likeness (QED) is 0.626. The molecule has 2 aromatic rings. The Morgan fingerprint density at radius 1 is 0.783 bits per heavy atom. The van der Waals surface area contributed by atoms with E-state index in [0.717, 1.165) is 22.0 Å². The number of hydrogen-bond donors (Lipinski definition) is 1. The van der Waals surface area contributed by atoms with Gasteiger partial charge in [0.15, 0.2) is 0 Å². The fourth-order valence-electron chi connectivity index (χ4n) is 2.50. The van der Waals surface area contributed by atoms with E-state index in [1.54, 1.807) is 0 Å². The van der Waals surface area contributed by atoms with E-state index in [4.69, 9.17) is 11.6 Å². The molecule has 0 amide bonds. The largest absolute Gasteiger partial charge is 0.354 e. The molecule has 0 saturated heterocycles. The fraction of sp³-hybridized carbons (Fsp3) is 0.429. The van der Waals surface area contributed by atoms with Crippen molar-refractivity contribution in [2.24, 2.45) is 0 Å². The standard InChI is InChI=1S/C21H28ClN/c1-14-12-16(21(5,6)7)13-18(19(14)22)23-17-10-8-15(9-11-17)20(2,3)4/h8-13,23H,1-7H3. The smallest absolute Gasteiger partial charge is 0.0670 e. The predicted octanol–water partition coefficient (Wildman–Crippen LogP) is 6.99. The van der Waals surface area contributed by atoms with Gasteiger partial charge in [-0.05, 0) is 52.6 Å². The Bertz CT molecular complexity index is 686. The number of rotatable bonds is 2. The molecule has 2 heteroatoms. The van der Waals surface area contributed by atoms with Crippen molar-refractivity contribution in [3.8, 4) is 0 Å². The summed E-state index contributed by atoms with van der Waals surface area (Å²) in [5, 5.41) is 4.26. The molecule has 0 aliphatic heterocycles. The molecule has 0 spiro atoms. The van der Waals surface area contributed by atoms with Crippen molar-refractivity contribution in [1.82, 2.24) is 0 Å². The second-order valence-corrected chi connectivity index (χ2v) is 8.74. The normalized spacial score (nSPS) is 12.3. The van der Waals surface area contributed by atoms with E-state index in [-0.39, 0.29) is 10.8 Å². The summed E-state index contributed by atoms with van der Waals surface area (Å²) in [6.45, 7) is 15.4. The Morgan fingerprint density at radius 3 is 1.78 bits per heavy atom. The maximum Gasteiger partial charge on any atom is 0.0670 e. The number of anilines is 2. The second kappa shape index (κ2) is 6.20. The number of benzene rings is 2. The first-order valence-corrected chi connectivity index (χ1v) is 8.54. The molecule has 2 aromatic carbocycles. The minimum atomic E-state index is 0.0991. The van der Waals surface area contributed by atoms with E-state index < -0.39 is 0 Å². The van der Waals surface area contributed by atoms with Crippen molar-refractivity contribution in [2.75, 3.05) is 5.32 Å². The molecular formula is C21H28ClN. The molecule has 0 bridgehead atoms. The summed E-state index contributed by atoms with van der Waals surface area (Å²) >= 11 is 6.51. The van der Waals surface area contributed by atoms with Crippen LogP contribution in [0.5, 0.6) is 0 Å². The van der Waals surface area contributed by atoms with Gasteiger partial charge in [0.2, 0.25) is 0 Å². The van der Waals surface area contributed by atoms with Crippen LogP contribution in [0.4, 0.5) is 11.4 Å². The summed E-state index contributed by atoms with van der Waals surface area (Å²) < 4.78 is 0.